The molecule has 2 aromatic rings. The first kappa shape index (κ1) is 19.1. The van der Waals surface area contributed by atoms with Crippen molar-refractivity contribution < 1.29 is 24.6 Å². The number of imidazole rings is 1. The fourth-order valence-corrected chi connectivity index (χ4v) is 3.15. The summed E-state index contributed by atoms with van der Waals surface area (Å²) in [5.74, 6) is -2.37. The number of nitrogens with one attached hydrogen (secondary N) is 1. The third-order valence-corrected chi connectivity index (χ3v) is 4.35. The van der Waals surface area contributed by atoms with Crippen LogP contribution in [0.5, 0.6) is 0 Å². The number of carboxylic acids is 2. The summed E-state index contributed by atoms with van der Waals surface area (Å²) in [5, 5.41) is 20.9. The maximum atomic E-state index is 11.2. The van der Waals surface area contributed by atoms with Gasteiger partial charge in [-0.25, -0.2) is 20.0 Å². The van der Waals surface area contributed by atoms with Gasteiger partial charge in [0.15, 0.2) is 0 Å². The fraction of sp³-hybridized carbons (Fsp3) is 0.188. The third kappa shape index (κ3) is 5.38. The van der Waals surface area contributed by atoms with Crippen molar-refractivity contribution >= 4 is 34.9 Å². The van der Waals surface area contributed by atoms with Gasteiger partial charge >= 0.3 is 11.9 Å². The Balaban J connectivity index is 0.000000260. The van der Waals surface area contributed by atoms with Crippen LogP contribution in [0.25, 0.3) is 5.00 Å². The third-order valence-electron chi connectivity index (χ3n) is 3.23. The van der Waals surface area contributed by atoms with Crippen LogP contribution in [0.15, 0.2) is 48.1 Å². The number of nitrogens with zero attached hydrogens (tertiary/aromatic N) is 3. The zero-order valence-corrected chi connectivity index (χ0v) is 14.5. The first-order valence-corrected chi connectivity index (χ1v) is 8.27. The highest BCUT2D eigenvalue weighted by Gasteiger charge is 2.22. The van der Waals surface area contributed by atoms with Gasteiger partial charge in [-0.15, -0.1) is 11.3 Å². The monoisotopic (exact) mass is 376 g/mol. The van der Waals surface area contributed by atoms with E-state index in [0.29, 0.717) is 18.6 Å². The molecule has 1 atom stereocenters. The lowest BCUT2D eigenvalue weighted by molar-refractivity contribution is -0.134. The van der Waals surface area contributed by atoms with Crippen molar-refractivity contribution in [1.29, 1.82) is 0 Å². The lowest BCUT2D eigenvalue weighted by Gasteiger charge is -2.17. The topological polar surface area (TPSA) is 134 Å². The van der Waals surface area contributed by atoms with Crippen molar-refractivity contribution in [2.45, 2.75) is 13.3 Å². The van der Waals surface area contributed by atoms with Crippen LogP contribution in [-0.4, -0.2) is 43.3 Å². The number of hydrogen-bond acceptors (Lipinski definition) is 6. The van der Waals surface area contributed by atoms with Crippen LogP contribution in [0.3, 0.4) is 0 Å². The van der Waals surface area contributed by atoms with E-state index >= 15 is 0 Å². The molecule has 0 saturated heterocycles. The molecule has 10 heteroatoms. The van der Waals surface area contributed by atoms with Crippen molar-refractivity contribution in [2.75, 3.05) is 0 Å². The molecule has 0 fully saturated rings. The molecule has 1 unspecified atom stereocenters. The number of thiophene rings is 1. The lowest BCUT2D eigenvalue weighted by Crippen LogP contribution is -2.31. The van der Waals surface area contributed by atoms with Gasteiger partial charge in [0, 0.05) is 36.9 Å². The van der Waals surface area contributed by atoms with Gasteiger partial charge in [-0.3, -0.25) is 9.36 Å². The van der Waals surface area contributed by atoms with Gasteiger partial charge < -0.3 is 10.2 Å². The predicted octanol–water partition coefficient (Wildman–Crippen LogP) is 1.51. The summed E-state index contributed by atoms with van der Waals surface area (Å²) in [6.07, 6.45) is 7.04. The van der Waals surface area contributed by atoms with Crippen LogP contribution in [0.2, 0.25) is 0 Å². The molecule has 1 aliphatic rings. The van der Waals surface area contributed by atoms with Gasteiger partial charge in [-0.05, 0) is 12.1 Å². The molecule has 3 N–H and O–H groups in total. The summed E-state index contributed by atoms with van der Waals surface area (Å²) in [4.78, 5) is 35.4. The van der Waals surface area contributed by atoms with Crippen molar-refractivity contribution in [2.24, 2.45) is 11.0 Å². The second-order valence-electron chi connectivity index (χ2n) is 5.25. The molecule has 3 heterocycles. The molecule has 0 saturated carbocycles. The maximum absolute atomic E-state index is 11.2. The summed E-state index contributed by atoms with van der Waals surface area (Å²) in [5.41, 5.74) is 3.49. The second-order valence-corrected chi connectivity index (χ2v) is 6.32. The Bertz CT molecular complexity index is 838. The maximum Gasteiger partial charge on any atom is 0.328 e. The molecule has 9 nitrogen and oxygen atoms in total. The highest BCUT2D eigenvalue weighted by Crippen LogP contribution is 2.25. The molecule has 136 valence electrons. The smallest absolute Gasteiger partial charge is 0.328 e. The number of aliphatic carboxylic acids is 2. The first-order valence-electron chi connectivity index (χ1n) is 7.45. The van der Waals surface area contributed by atoms with E-state index in [9.17, 15) is 14.4 Å². The Labute approximate surface area is 152 Å². The number of carboxylic acid groups (broad SMARTS) is 2. The van der Waals surface area contributed by atoms with Crippen LogP contribution < -0.4 is 5.43 Å². The molecule has 0 radical (unpaired) electrons. The fourth-order valence-electron chi connectivity index (χ4n) is 2.09. The number of aromatic nitrogens is 2. The van der Waals surface area contributed by atoms with Crippen LogP contribution in [0, 0.1) is 5.92 Å². The molecule has 2 aromatic heterocycles. The summed E-state index contributed by atoms with van der Waals surface area (Å²) in [6, 6.07) is 4.07. The number of amides is 1. The zero-order chi connectivity index (χ0) is 19.1. The Morgan fingerprint density at radius 2 is 2.00 bits per heavy atom. The number of hydrazone groups is 1. The standard InChI is InChI=1S/C12H12N4OS.C4H4O4/c1-8-6-10(17)14-15-12(8)9-2-3-11(18-9)16-5-4-13-7-16;5-3(6)1-2-4(7)8/h2-5,7-8H,6H2,1H3,(H,14,17);1-2H,(H,5,6)(H,7,8). The van der Waals surface area contributed by atoms with Crippen LogP contribution in [0.1, 0.15) is 18.2 Å². The van der Waals surface area contributed by atoms with E-state index in [2.05, 4.69) is 15.5 Å². The van der Waals surface area contributed by atoms with Gasteiger partial charge in [-0.2, -0.15) is 5.10 Å². The minimum atomic E-state index is -1.26. The van der Waals surface area contributed by atoms with E-state index in [1.54, 1.807) is 23.9 Å². The van der Waals surface area contributed by atoms with Crippen molar-refractivity contribution in [1.82, 2.24) is 15.0 Å². The van der Waals surface area contributed by atoms with Crippen molar-refractivity contribution in [3.05, 3.63) is 47.9 Å². The summed E-state index contributed by atoms with van der Waals surface area (Å²) in [7, 11) is 0. The van der Waals surface area contributed by atoms with E-state index in [1.807, 2.05) is 29.8 Å². The predicted molar refractivity (Wildman–Crippen MR) is 94.3 cm³/mol. The van der Waals surface area contributed by atoms with Gasteiger partial charge in [0.25, 0.3) is 0 Å². The van der Waals surface area contributed by atoms with Crippen molar-refractivity contribution in [3.8, 4) is 5.00 Å². The van der Waals surface area contributed by atoms with Gasteiger partial charge in [0.2, 0.25) is 5.91 Å². The van der Waals surface area contributed by atoms with Gasteiger partial charge in [0.1, 0.15) is 5.00 Å². The van der Waals surface area contributed by atoms with E-state index < -0.39 is 11.9 Å². The lowest BCUT2D eigenvalue weighted by atomic mass is 9.99. The molecule has 26 heavy (non-hydrogen) atoms. The molecule has 0 bridgehead atoms. The molecule has 3 rings (SSSR count). The molecular weight excluding hydrogens is 360 g/mol. The molecule has 0 aromatic carbocycles. The van der Waals surface area contributed by atoms with Gasteiger partial charge in [-0.1, -0.05) is 6.92 Å². The SMILES string of the molecule is CC1CC(=O)NN=C1c1ccc(-n2ccnc2)s1.O=C(O)C=CC(=O)O. The van der Waals surface area contributed by atoms with Crippen molar-refractivity contribution in [3.63, 3.8) is 0 Å². The average Bonchev–Trinajstić information content (AvgIpc) is 3.24. The molecule has 1 aliphatic heterocycles. The first-order chi connectivity index (χ1) is 12.4. The minimum Gasteiger partial charge on any atom is -0.478 e. The normalized spacial score (nSPS) is 16.4. The van der Waals surface area contributed by atoms with E-state index in [1.165, 1.54) is 0 Å². The van der Waals surface area contributed by atoms with Gasteiger partial charge in [0.05, 0.1) is 16.9 Å². The zero-order valence-electron chi connectivity index (χ0n) is 13.7. The molecule has 1 amide bonds. The van der Waals surface area contributed by atoms with Crippen LogP contribution in [0.4, 0.5) is 0 Å². The second kappa shape index (κ2) is 8.72. The minimum absolute atomic E-state index is 0.0161. The Kier molecular flexibility index (Phi) is 6.39. The summed E-state index contributed by atoms with van der Waals surface area (Å²) >= 11 is 1.64. The average molecular weight is 376 g/mol. The number of carbonyl (C=O) groups is 3. The van der Waals surface area contributed by atoms with E-state index in [0.717, 1.165) is 15.6 Å². The van der Waals surface area contributed by atoms with E-state index in [4.69, 9.17) is 10.2 Å². The summed E-state index contributed by atoms with van der Waals surface area (Å²) in [6.45, 7) is 2.02. The highest BCUT2D eigenvalue weighted by atomic mass is 32.1. The van der Waals surface area contributed by atoms with E-state index in [-0.39, 0.29) is 11.8 Å². The Morgan fingerprint density at radius 1 is 1.31 bits per heavy atom. The number of carbonyl (C=O) groups excluding carboxylic acids is 1. The van der Waals surface area contributed by atoms with Crippen LogP contribution in [-0.2, 0) is 14.4 Å². The highest BCUT2D eigenvalue weighted by molar-refractivity contribution is 7.16. The summed E-state index contributed by atoms with van der Waals surface area (Å²) < 4.78 is 1.96. The van der Waals surface area contributed by atoms with Crippen LogP contribution >= 0.6 is 11.3 Å². The molecular formula is C16H16N4O5S. The molecule has 0 aliphatic carbocycles. The number of rotatable bonds is 4. The Morgan fingerprint density at radius 3 is 2.54 bits per heavy atom. The number of hydrogen-bond donors (Lipinski definition) is 3. The quantitative estimate of drug-likeness (QED) is 0.693. The molecule has 0 spiro atoms. The Hall–Kier alpha value is -3.27. The largest absolute Gasteiger partial charge is 0.478 e.